The van der Waals surface area contributed by atoms with E-state index in [0.29, 0.717) is 0 Å². The van der Waals surface area contributed by atoms with Gasteiger partial charge >= 0.3 is 0 Å². The number of benzene rings is 7. The Morgan fingerprint density at radius 2 is 1.11 bits per heavy atom. The third kappa shape index (κ3) is 6.04. The van der Waals surface area contributed by atoms with Crippen molar-refractivity contribution in [3.63, 3.8) is 0 Å². The SMILES string of the molecule is Cc1ccccc1N1c2cc(N(c3ccc([Si](C)(C)C)cc3)c3ccc([Si](C)(C)C)cc3)cc3c2B(c2cccc(C)c21)c1cc(-c2ccccc2)cc2c1N3C1(C)CCCCC21C. The van der Waals surface area contributed by atoms with Crippen LogP contribution in [-0.2, 0) is 5.41 Å². The number of nitrogens with zero attached hydrogens (tertiary/aromatic N) is 3. The highest BCUT2D eigenvalue weighted by atomic mass is 28.3. The zero-order chi connectivity index (χ0) is 44.5. The van der Waals surface area contributed by atoms with Crippen molar-refractivity contribution in [1.82, 2.24) is 0 Å². The fourth-order valence-corrected chi connectivity index (χ4v) is 14.5. The van der Waals surface area contributed by atoms with E-state index in [-0.39, 0.29) is 17.7 Å². The molecule has 1 saturated carbocycles. The summed E-state index contributed by atoms with van der Waals surface area (Å²) in [5, 5.41) is 2.96. The van der Waals surface area contributed by atoms with Gasteiger partial charge in [0.05, 0.1) is 27.4 Å². The van der Waals surface area contributed by atoms with Gasteiger partial charge in [0.25, 0.3) is 6.71 Å². The van der Waals surface area contributed by atoms with Crippen LogP contribution in [0.4, 0.5) is 45.5 Å². The largest absolute Gasteiger partial charge is 0.335 e. The van der Waals surface area contributed by atoms with E-state index < -0.39 is 16.1 Å². The number of aryl methyl sites for hydroxylation is 2. The Bertz CT molecular complexity index is 2930. The first kappa shape index (κ1) is 41.2. The van der Waals surface area contributed by atoms with Crippen LogP contribution >= 0.6 is 0 Å². The molecule has 2 atom stereocenters. The summed E-state index contributed by atoms with van der Waals surface area (Å²) in [6.07, 6.45) is 4.82. The number of rotatable bonds is 7. The molecular weight excluding hydrogens is 806 g/mol. The summed E-state index contributed by atoms with van der Waals surface area (Å²) >= 11 is 0. The van der Waals surface area contributed by atoms with E-state index in [9.17, 15) is 0 Å². The molecular formula is C58H62BN3Si2. The van der Waals surface area contributed by atoms with Crippen LogP contribution in [-0.4, -0.2) is 28.4 Å². The van der Waals surface area contributed by atoms with Crippen molar-refractivity contribution in [2.24, 2.45) is 0 Å². The Balaban J connectivity index is 1.26. The summed E-state index contributed by atoms with van der Waals surface area (Å²) in [5.74, 6) is 0. The van der Waals surface area contributed by atoms with Crippen LogP contribution in [0.2, 0.25) is 39.3 Å². The van der Waals surface area contributed by atoms with Crippen LogP contribution in [0.25, 0.3) is 11.1 Å². The van der Waals surface area contributed by atoms with Crippen molar-refractivity contribution in [3.8, 4) is 11.1 Å². The van der Waals surface area contributed by atoms with E-state index >= 15 is 0 Å². The molecule has 3 aliphatic heterocycles. The first-order valence-electron chi connectivity index (χ1n) is 23.8. The molecule has 1 aliphatic carbocycles. The smallest absolute Gasteiger partial charge is 0.252 e. The molecule has 0 bridgehead atoms. The zero-order valence-corrected chi connectivity index (χ0v) is 41.6. The van der Waals surface area contributed by atoms with Crippen LogP contribution in [0, 0.1) is 13.8 Å². The van der Waals surface area contributed by atoms with E-state index in [1.807, 2.05) is 0 Å². The van der Waals surface area contributed by atoms with Crippen LogP contribution in [0.1, 0.15) is 56.2 Å². The maximum atomic E-state index is 2.89. The van der Waals surface area contributed by atoms with E-state index in [1.54, 1.807) is 0 Å². The van der Waals surface area contributed by atoms with Gasteiger partial charge in [-0.15, -0.1) is 0 Å². The average Bonchev–Trinajstić information content (AvgIpc) is 3.49. The molecule has 2 unspecified atom stereocenters. The number of fused-ring (bicyclic) bond motifs is 7. The first-order valence-corrected chi connectivity index (χ1v) is 30.8. The molecule has 3 nitrogen and oxygen atoms in total. The molecule has 0 aromatic heterocycles. The maximum Gasteiger partial charge on any atom is 0.252 e. The highest BCUT2D eigenvalue weighted by Crippen LogP contribution is 2.63. The molecule has 3 heterocycles. The fourth-order valence-electron chi connectivity index (χ4n) is 12.2. The molecule has 320 valence electrons. The fraction of sp³-hybridized carbons (Fsp3) is 0.276. The minimum Gasteiger partial charge on any atom is -0.335 e. The molecule has 1 fully saturated rings. The summed E-state index contributed by atoms with van der Waals surface area (Å²) in [6, 6.07) is 56.8. The molecule has 64 heavy (non-hydrogen) atoms. The van der Waals surface area contributed by atoms with Crippen LogP contribution in [0.5, 0.6) is 0 Å². The zero-order valence-electron chi connectivity index (χ0n) is 39.6. The number of para-hydroxylation sites is 2. The lowest BCUT2D eigenvalue weighted by atomic mass is 9.33. The molecule has 0 radical (unpaired) electrons. The van der Waals surface area contributed by atoms with Crippen molar-refractivity contribution in [3.05, 3.63) is 162 Å². The molecule has 6 heteroatoms. The monoisotopic (exact) mass is 867 g/mol. The Morgan fingerprint density at radius 1 is 0.516 bits per heavy atom. The second kappa shape index (κ2) is 14.5. The Kier molecular flexibility index (Phi) is 9.31. The van der Waals surface area contributed by atoms with Crippen molar-refractivity contribution in [2.45, 2.75) is 104 Å². The van der Waals surface area contributed by atoms with Crippen molar-refractivity contribution in [1.29, 1.82) is 0 Å². The van der Waals surface area contributed by atoms with Crippen molar-refractivity contribution < 1.29 is 0 Å². The summed E-state index contributed by atoms with van der Waals surface area (Å²) in [5.41, 5.74) is 21.1. The van der Waals surface area contributed by atoms with Crippen LogP contribution in [0.15, 0.2) is 146 Å². The van der Waals surface area contributed by atoms with Gasteiger partial charge < -0.3 is 14.7 Å². The van der Waals surface area contributed by atoms with Gasteiger partial charge in [-0.3, -0.25) is 0 Å². The highest BCUT2D eigenvalue weighted by Gasteiger charge is 2.61. The Morgan fingerprint density at radius 3 is 1.75 bits per heavy atom. The molecule has 0 amide bonds. The second-order valence-electron chi connectivity index (χ2n) is 21.9. The summed E-state index contributed by atoms with van der Waals surface area (Å²) in [7, 11) is -3.06. The molecule has 7 aromatic carbocycles. The third-order valence-corrected chi connectivity index (χ3v) is 20.1. The van der Waals surface area contributed by atoms with Crippen molar-refractivity contribution in [2.75, 3.05) is 14.7 Å². The lowest BCUT2D eigenvalue weighted by Gasteiger charge is -2.53. The molecule has 0 saturated heterocycles. The Labute approximate surface area is 384 Å². The lowest BCUT2D eigenvalue weighted by molar-refractivity contribution is 0.195. The Hall–Kier alpha value is -5.56. The van der Waals surface area contributed by atoms with Gasteiger partial charge in [-0.05, 0) is 126 Å². The molecule has 0 N–H and O–H groups in total. The average molecular weight is 868 g/mol. The van der Waals surface area contributed by atoms with Crippen LogP contribution in [0.3, 0.4) is 0 Å². The summed E-state index contributed by atoms with van der Waals surface area (Å²) < 4.78 is 0. The minimum atomic E-state index is -1.53. The third-order valence-electron chi connectivity index (χ3n) is 15.9. The van der Waals surface area contributed by atoms with Gasteiger partial charge in [0.2, 0.25) is 0 Å². The predicted octanol–water partition coefficient (Wildman–Crippen LogP) is 12.9. The van der Waals surface area contributed by atoms with E-state index in [2.05, 4.69) is 227 Å². The van der Waals surface area contributed by atoms with E-state index in [1.165, 1.54) is 119 Å². The lowest BCUT2D eigenvalue weighted by Crippen LogP contribution is -2.64. The molecule has 7 aromatic rings. The van der Waals surface area contributed by atoms with Gasteiger partial charge in [-0.1, -0.05) is 166 Å². The molecule has 11 rings (SSSR count). The standard InChI is InChI=1S/C58H62BN3Si2/c1-39-19-14-15-24-51(39)61-52-37-45(60(43-25-29-46(30-26-43)63(5,6)7)44-27-31-47(32-28-44)64(8,9)10)38-53-54(52)59(49-23-18-20-40(2)55(49)61)50-36-42(41-21-12-11-13-22-41)35-48-56(50)62(53)58(4)34-17-16-33-57(48,58)3/h11-15,18-32,35-38H,16-17,33-34H2,1-10H3. The predicted molar refractivity (Wildman–Crippen MR) is 284 cm³/mol. The topological polar surface area (TPSA) is 9.72 Å². The first-order chi connectivity index (χ1) is 30.6. The van der Waals surface area contributed by atoms with Gasteiger partial charge in [-0.25, -0.2) is 0 Å². The second-order valence-corrected chi connectivity index (χ2v) is 32.0. The van der Waals surface area contributed by atoms with Gasteiger partial charge in [-0.2, -0.15) is 0 Å². The van der Waals surface area contributed by atoms with E-state index in [4.69, 9.17) is 0 Å². The van der Waals surface area contributed by atoms with Gasteiger partial charge in [0.1, 0.15) is 0 Å². The minimum absolute atomic E-state index is 0.0271. The van der Waals surface area contributed by atoms with Crippen LogP contribution < -0.4 is 41.5 Å². The van der Waals surface area contributed by atoms with Gasteiger partial charge in [0.15, 0.2) is 0 Å². The van der Waals surface area contributed by atoms with Crippen molar-refractivity contribution >= 4 is 95.1 Å². The quantitative estimate of drug-likeness (QED) is 0.148. The maximum absolute atomic E-state index is 2.89. The van der Waals surface area contributed by atoms with E-state index in [0.717, 1.165) is 6.42 Å². The number of hydrogen-bond acceptors (Lipinski definition) is 3. The van der Waals surface area contributed by atoms with Gasteiger partial charge in [0, 0.05) is 45.2 Å². The normalized spacial score (nSPS) is 19.5. The number of anilines is 8. The number of hydrogen-bond donors (Lipinski definition) is 0. The highest BCUT2D eigenvalue weighted by molar-refractivity contribution is 7.00. The molecule has 4 aliphatic rings. The summed E-state index contributed by atoms with van der Waals surface area (Å²) in [4.78, 5) is 8.09. The molecule has 0 spiro atoms. The summed E-state index contributed by atoms with van der Waals surface area (Å²) in [6.45, 7) is 24.6.